The molecule has 1 aromatic carbocycles. The van der Waals surface area contributed by atoms with Crippen molar-refractivity contribution in [1.29, 1.82) is 0 Å². The molecule has 132 valence electrons. The average molecular weight is 328 g/mol. The van der Waals surface area contributed by atoms with Crippen molar-refractivity contribution < 1.29 is 9.84 Å². The lowest BCUT2D eigenvalue weighted by Crippen LogP contribution is -2.65. The third-order valence-corrected chi connectivity index (χ3v) is 7.94. The minimum Gasteiger partial charge on any atom is -0.507 e. The Morgan fingerprint density at radius 1 is 1.17 bits per heavy atom. The number of benzene rings is 1. The third-order valence-electron chi connectivity index (χ3n) is 7.94. The van der Waals surface area contributed by atoms with Gasteiger partial charge in [-0.15, -0.1) is 0 Å². The topological polar surface area (TPSA) is 29.5 Å². The highest BCUT2D eigenvalue weighted by atomic mass is 16.5. The van der Waals surface area contributed by atoms with E-state index in [4.69, 9.17) is 4.74 Å². The average Bonchev–Trinajstić information content (AvgIpc) is 2.76. The van der Waals surface area contributed by atoms with Gasteiger partial charge < -0.3 is 9.84 Å². The van der Waals surface area contributed by atoms with E-state index in [-0.39, 0.29) is 16.4 Å². The van der Waals surface area contributed by atoms with E-state index < -0.39 is 0 Å². The molecule has 5 rings (SSSR count). The molecule has 2 fully saturated rings. The van der Waals surface area contributed by atoms with Crippen LogP contribution in [0, 0.1) is 17.3 Å². The van der Waals surface area contributed by atoms with Crippen LogP contribution in [0.15, 0.2) is 12.1 Å². The van der Waals surface area contributed by atoms with Gasteiger partial charge in [-0.3, -0.25) is 0 Å². The van der Waals surface area contributed by atoms with Gasteiger partial charge >= 0.3 is 0 Å². The highest BCUT2D eigenvalue weighted by molar-refractivity contribution is 5.57. The second kappa shape index (κ2) is 4.93. The van der Waals surface area contributed by atoms with Crippen LogP contribution in [0.5, 0.6) is 11.5 Å². The Hall–Kier alpha value is -1.18. The quantitative estimate of drug-likeness (QED) is 0.729. The Morgan fingerprint density at radius 2 is 1.92 bits per heavy atom. The van der Waals surface area contributed by atoms with Crippen LogP contribution in [0.1, 0.15) is 77.8 Å². The molecule has 2 nitrogen and oxygen atoms in total. The predicted molar refractivity (Wildman–Crippen MR) is 97.7 cm³/mol. The Kier molecular flexibility index (Phi) is 3.34. The van der Waals surface area contributed by atoms with Crippen LogP contribution in [0.4, 0.5) is 0 Å². The van der Waals surface area contributed by atoms with Crippen LogP contribution in [-0.4, -0.2) is 10.7 Å². The summed E-state index contributed by atoms with van der Waals surface area (Å²) in [6.45, 7) is 11.7. The molecule has 2 saturated carbocycles. The number of phenols is 1. The van der Waals surface area contributed by atoms with Crippen LogP contribution in [-0.2, 0) is 11.8 Å². The number of rotatable bonds is 4. The Balaban J connectivity index is 1.82. The lowest BCUT2D eigenvalue weighted by molar-refractivity contribution is -0.148. The molecule has 0 radical (unpaired) electrons. The predicted octanol–water partition coefficient (Wildman–Crippen LogP) is 5.60. The Morgan fingerprint density at radius 3 is 2.62 bits per heavy atom. The summed E-state index contributed by atoms with van der Waals surface area (Å²) in [5.74, 6) is 2.65. The van der Waals surface area contributed by atoms with Crippen molar-refractivity contribution in [2.24, 2.45) is 17.3 Å². The summed E-state index contributed by atoms with van der Waals surface area (Å²) in [4.78, 5) is 0. The zero-order valence-electron chi connectivity index (χ0n) is 15.9. The van der Waals surface area contributed by atoms with E-state index in [0.717, 1.165) is 24.2 Å². The fourth-order valence-electron chi connectivity index (χ4n) is 6.64. The number of hydrogen-bond donors (Lipinski definition) is 1. The number of unbranched alkanes of at least 4 members (excludes halogenated alkanes) is 2. The van der Waals surface area contributed by atoms with E-state index in [2.05, 4.69) is 40.7 Å². The summed E-state index contributed by atoms with van der Waals surface area (Å²) in [5.41, 5.74) is 2.41. The van der Waals surface area contributed by atoms with Crippen LogP contribution in [0.2, 0.25) is 0 Å². The summed E-state index contributed by atoms with van der Waals surface area (Å²) < 4.78 is 6.66. The monoisotopic (exact) mass is 328 g/mol. The standard InChI is InChI=1S/C22H32O2/c1-6-7-8-9-14-12-16(23)18-17(13-14)24-21(4)11-10-15-19(21)20(2,3)22(15,18)5/h12-13,15,19,23H,6-11H2,1-5H3. The SMILES string of the molecule is CCCCCc1cc(O)c2c(c1)OC1(C)CCC3C1C(C)(C)C23C. The van der Waals surface area contributed by atoms with Gasteiger partial charge in [-0.2, -0.15) is 0 Å². The van der Waals surface area contributed by atoms with Gasteiger partial charge in [0.05, 0.1) is 0 Å². The van der Waals surface area contributed by atoms with Crippen molar-refractivity contribution in [2.75, 3.05) is 0 Å². The van der Waals surface area contributed by atoms with Gasteiger partial charge in [0.15, 0.2) is 0 Å². The molecule has 0 spiro atoms. The lowest BCUT2D eigenvalue weighted by Gasteiger charge is -2.65. The molecule has 24 heavy (non-hydrogen) atoms. The number of phenolic OH excluding ortho intramolecular Hbond substituents is 1. The zero-order valence-corrected chi connectivity index (χ0v) is 15.9. The summed E-state index contributed by atoms with van der Waals surface area (Å²) in [7, 11) is 0. The smallest absolute Gasteiger partial charge is 0.127 e. The molecule has 1 N–H and O–H groups in total. The van der Waals surface area contributed by atoms with Crippen molar-refractivity contribution in [2.45, 2.75) is 84.2 Å². The molecular formula is C22H32O2. The molecule has 2 heterocycles. The van der Waals surface area contributed by atoms with Gasteiger partial charge in [0, 0.05) is 16.9 Å². The summed E-state index contributed by atoms with van der Waals surface area (Å²) >= 11 is 0. The zero-order chi connectivity index (χ0) is 17.3. The maximum absolute atomic E-state index is 10.9. The summed E-state index contributed by atoms with van der Waals surface area (Å²) in [6.07, 6.45) is 7.04. The van der Waals surface area contributed by atoms with E-state index in [0.29, 0.717) is 17.6 Å². The lowest BCUT2D eigenvalue weighted by atomic mass is 9.38. The first kappa shape index (κ1) is 16.3. The maximum atomic E-state index is 10.9. The van der Waals surface area contributed by atoms with Gasteiger partial charge in [-0.25, -0.2) is 0 Å². The molecule has 1 aromatic rings. The van der Waals surface area contributed by atoms with E-state index in [1.54, 1.807) is 0 Å². The highest BCUT2D eigenvalue weighted by Crippen LogP contribution is 2.77. The van der Waals surface area contributed by atoms with Crippen molar-refractivity contribution in [3.8, 4) is 11.5 Å². The number of aryl methyl sites for hydroxylation is 1. The molecular weight excluding hydrogens is 296 g/mol. The second-order valence-corrected chi connectivity index (χ2v) is 9.41. The molecule has 2 aliphatic heterocycles. The molecule has 0 amide bonds. The maximum Gasteiger partial charge on any atom is 0.127 e. The van der Waals surface area contributed by atoms with Gasteiger partial charge in [-0.05, 0) is 61.6 Å². The molecule has 4 aliphatic rings. The largest absolute Gasteiger partial charge is 0.507 e. The van der Waals surface area contributed by atoms with Gasteiger partial charge in [0.25, 0.3) is 0 Å². The van der Waals surface area contributed by atoms with Crippen molar-refractivity contribution in [1.82, 2.24) is 0 Å². The fraction of sp³-hybridized carbons (Fsp3) is 0.727. The van der Waals surface area contributed by atoms with Gasteiger partial charge in [0.1, 0.15) is 17.1 Å². The van der Waals surface area contributed by atoms with Crippen molar-refractivity contribution >= 4 is 0 Å². The number of hydrogen-bond acceptors (Lipinski definition) is 2. The summed E-state index contributed by atoms with van der Waals surface area (Å²) in [6, 6.07) is 4.24. The third kappa shape index (κ3) is 1.78. The molecule has 0 aromatic heterocycles. The Bertz CT molecular complexity index is 677. The van der Waals surface area contributed by atoms with Crippen molar-refractivity contribution in [3.05, 3.63) is 23.3 Å². The molecule has 2 aliphatic carbocycles. The van der Waals surface area contributed by atoms with E-state index in [1.807, 2.05) is 6.07 Å². The van der Waals surface area contributed by atoms with E-state index >= 15 is 0 Å². The number of aromatic hydroxyl groups is 1. The van der Waals surface area contributed by atoms with Crippen LogP contribution >= 0.6 is 0 Å². The molecule has 4 atom stereocenters. The van der Waals surface area contributed by atoms with Crippen LogP contribution in [0.25, 0.3) is 0 Å². The first-order chi connectivity index (χ1) is 11.3. The minimum atomic E-state index is -0.0760. The van der Waals surface area contributed by atoms with Crippen molar-refractivity contribution in [3.63, 3.8) is 0 Å². The number of ether oxygens (including phenoxy) is 1. The van der Waals surface area contributed by atoms with Crippen LogP contribution < -0.4 is 4.74 Å². The fourth-order valence-corrected chi connectivity index (χ4v) is 6.64. The normalized spacial score (nSPS) is 38.0. The van der Waals surface area contributed by atoms with Crippen LogP contribution in [0.3, 0.4) is 0 Å². The second-order valence-electron chi connectivity index (χ2n) is 9.41. The highest BCUT2D eigenvalue weighted by Gasteiger charge is 2.75. The Labute approximate surface area is 146 Å². The minimum absolute atomic E-state index is 0.0211. The molecule has 4 bridgehead atoms. The molecule has 0 saturated heterocycles. The van der Waals surface area contributed by atoms with Gasteiger partial charge in [0.2, 0.25) is 0 Å². The first-order valence-corrected chi connectivity index (χ1v) is 9.81. The van der Waals surface area contributed by atoms with Gasteiger partial charge in [-0.1, -0.05) is 40.5 Å². The molecule has 2 heteroatoms. The first-order valence-electron chi connectivity index (χ1n) is 9.81. The molecule has 4 unspecified atom stereocenters. The van der Waals surface area contributed by atoms with E-state index in [1.165, 1.54) is 31.2 Å². The van der Waals surface area contributed by atoms with E-state index in [9.17, 15) is 5.11 Å². The summed E-state index contributed by atoms with van der Waals surface area (Å²) in [5, 5.41) is 10.9.